The van der Waals surface area contributed by atoms with Crippen LogP contribution in [0, 0.1) is 11.2 Å². The van der Waals surface area contributed by atoms with Crippen LogP contribution in [0.2, 0.25) is 0 Å². The van der Waals surface area contributed by atoms with Crippen LogP contribution in [0.4, 0.5) is 10.1 Å². The summed E-state index contributed by atoms with van der Waals surface area (Å²) in [7, 11) is -3.46. The molecule has 1 amide bonds. The van der Waals surface area contributed by atoms with E-state index in [-0.39, 0.29) is 23.0 Å². The molecular formula is C14H19FN2O3S. The highest BCUT2D eigenvalue weighted by Crippen LogP contribution is 2.38. The topological polar surface area (TPSA) is 89.3 Å². The molecule has 7 heteroatoms. The van der Waals surface area contributed by atoms with Gasteiger partial charge in [0, 0.05) is 12.8 Å². The highest BCUT2D eigenvalue weighted by Gasteiger charge is 2.40. The molecule has 0 heterocycles. The van der Waals surface area contributed by atoms with Gasteiger partial charge in [-0.3, -0.25) is 4.79 Å². The number of benzene rings is 1. The molecule has 1 aliphatic carbocycles. The summed E-state index contributed by atoms with van der Waals surface area (Å²) in [6.07, 6.45) is 4.20. The lowest BCUT2D eigenvalue weighted by Crippen LogP contribution is -2.40. The molecule has 0 saturated heterocycles. The van der Waals surface area contributed by atoms with Gasteiger partial charge in [-0.2, -0.15) is 0 Å². The lowest BCUT2D eigenvalue weighted by atomic mass is 9.85. The van der Waals surface area contributed by atoms with E-state index in [1.165, 1.54) is 6.07 Å². The Morgan fingerprint density at radius 1 is 1.38 bits per heavy atom. The highest BCUT2D eigenvalue weighted by molar-refractivity contribution is 7.90. The van der Waals surface area contributed by atoms with Gasteiger partial charge in [0.05, 0.1) is 16.0 Å². The van der Waals surface area contributed by atoms with E-state index < -0.39 is 21.1 Å². The van der Waals surface area contributed by atoms with Gasteiger partial charge in [-0.05, 0) is 31.0 Å². The molecule has 116 valence electrons. The van der Waals surface area contributed by atoms with Crippen LogP contribution >= 0.6 is 0 Å². The van der Waals surface area contributed by atoms with E-state index in [1.54, 1.807) is 0 Å². The number of nitrogens with two attached hydrogens (primary N) is 1. The van der Waals surface area contributed by atoms with Crippen molar-refractivity contribution in [2.75, 3.05) is 18.1 Å². The minimum absolute atomic E-state index is 0.0348. The Morgan fingerprint density at radius 2 is 2.00 bits per heavy atom. The molecule has 21 heavy (non-hydrogen) atoms. The number of amides is 1. The van der Waals surface area contributed by atoms with Crippen molar-refractivity contribution in [2.24, 2.45) is 11.1 Å². The number of rotatable bonds is 4. The van der Waals surface area contributed by atoms with Gasteiger partial charge in [0.2, 0.25) is 5.91 Å². The Balaban J connectivity index is 2.29. The van der Waals surface area contributed by atoms with Crippen molar-refractivity contribution in [1.82, 2.24) is 0 Å². The summed E-state index contributed by atoms with van der Waals surface area (Å²) in [6, 6.07) is 3.35. The quantitative estimate of drug-likeness (QED) is 0.828. The largest absolute Gasteiger partial charge is 0.329 e. The maximum absolute atomic E-state index is 13.8. The summed E-state index contributed by atoms with van der Waals surface area (Å²) in [5.74, 6) is -1.01. The predicted octanol–water partition coefficient (Wildman–Crippen LogP) is 1.69. The maximum Gasteiger partial charge on any atom is 0.231 e. The van der Waals surface area contributed by atoms with Crippen LogP contribution in [0.5, 0.6) is 0 Å². The Hall–Kier alpha value is -1.47. The van der Waals surface area contributed by atoms with Gasteiger partial charge in [-0.15, -0.1) is 0 Å². The third-order valence-corrected chi connectivity index (χ3v) is 5.16. The average molecular weight is 314 g/mol. The monoisotopic (exact) mass is 314 g/mol. The van der Waals surface area contributed by atoms with E-state index in [2.05, 4.69) is 5.32 Å². The van der Waals surface area contributed by atoms with Crippen molar-refractivity contribution in [1.29, 1.82) is 0 Å². The van der Waals surface area contributed by atoms with E-state index in [9.17, 15) is 17.6 Å². The van der Waals surface area contributed by atoms with Crippen molar-refractivity contribution in [3.63, 3.8) is 0 Å². The molecule has 0 unspecified atom stereocenters. The minimum atomic E-state index is -3.46. The number of anilines is 1. The molecule has 0 aliphatic heterocycles. The molecule has 1 fully saturated rings. The number of halogens is 1. The first-order valence-corrected chi connectivity index (χ1v) is 8.69. The molecule has 1 saturated carbocycles. The van der Waals surface area contributed by atoms with Gasteiger partial charge >= 0.3 is 0 Å². The Labute approximate surface area is 123 Å². The predicted molar refractivity (Wildman–Crippen MR) is 78.1 cm³/mol. The zero-order valence-electron chi connectivity index (χ0n) is 11.9. The summed E-state index contributed by atoms with van der Waals surface area (Å²) >= 11 is 0. The van der Waals surface area contributed by atoms with E-state index in [0.717, 1.165) is 31.2 Å². The average Bonchev–Trinajstić information content (AvgIpc) is 2.90. The second-order valence-corrected chi connectivity index (χ2v) is 7.58. The first-order chi connectivity index (χ1) is 9.78. The van der Waals surface area contributed by atoms with Gasteiger partial charge in [0.1, 0.15) is 5.82 Å². The normalized spacial score (nSPS) is 17.7. The van der Waals surface area contributed by atoms with Crippen molar-refractivity contribution in [3.05, 3.63) is 24.0 Å². The smallest absolute Gasteiger partial charge is 0.231 e. The van der Waals surface area contributed by atoms with E-state index in [4.69, 9.17) is 5.73 Å². The lowest BCUT2D eigenvalue weighted by Gasteiger charge is -2.25. The van der Waals surface area contributed by atoms with Crippen LogP contribution in [0.25, 0.3) is 0 Å². The number of hydrogen-bond acceptors (Lipinski definition) is 4. The van der Waals surface area contributed by atoms with Crippen LogP contribution < -0.4 is 11.1 Å². The summed E-state index contributed by atoms with van der Waals surface area (Å²) in [4.78, 5) is 12.3. The Kier molecular flexibility index (Phi) is 4.34. The van der Waals surface area contributed by atoms with Crippen LogP contribution in [-0.4, -0.2) is 27.1 Å². The zero-order valence-corrected chi connectivity index (χ0v) is 12.7. The number of nitrogens with one attached hydrogen (secondary N) is 1. The van der Waals surface area contributed by atoms with Crippen LogP contribution in [0.15, 0.2) is 23.1 Å². The Morgan fingerprint density at radius 3 is 2.52 bits per heavy atom. The van der Waals surface area contributed by atoms with E-state index in [1.807, 2.05) is 0 Å². The zero-order chi connectivity index (χ0) is 15.7. The molecule has 1 aromatic rings. The number of carbonyl (C=O) groups excluding carboxylic acids is 1. The van der Waals surface area contributed by atoms with Crippen LogP contribution in [0.1, 0.15) is 25.7 Å². The number of carbonyl (C=O) groups is 1. The molecule has 0 spiro atoms. The molecular weight excluding hydrogens is 295 g/mol. The fourth-order valence-corrected chi connectivity index (χ4v) is 3.31. The number of sulfone groups is 1. The van der Waals surface area contributed by atoms with E-state index >= 15 is 0 Å². The molecule has 2 rings (SSSR count). The van der Waals surface area contributed by atoms with Gasteiger partial charge in [-0.1, -0.05) is 12.8 Å². The SMILES string of the molecule is CS(=O)(=O)c1ccc(F)c(NC(=O)C2(CN)CCCC2)c1. The highest BCUT2D eigenvalue weighted by atomic mass is 32.2. The van der Waals surface area contributed by atoms with Gasteiger partial charge in [-0.25, -0.2) is 12.8 Å². The lowest BCUT2D eigenvalue weighted by molar-refractivity contribution is -0.124. The fourth-order valence-electron chi connectivity index (χ4n) is 2.66. The summed E-state index contributed by atoms with van der Waals surface area (Å²) in [5, 5.41) is 2.50. The first kappa shape index (κ1) is 15.9. The van der Waals surface area contributed by atoms with Crippen molar-refractivity contribution >= 4 is 21.4 Å². The van der Waals surface area contributed by atoms with Crippen molar-refractivity contribution < 1.29 is 17.6 Å². The molecule has 1 aliphatic rings. The van der Waals surface area contributed by atoms with E-state index in [0.29, 0.717) is 12.8 Å². The van der Waals surface area contributed by atoms with Gasteiger partial charge in [0.15, 0.2) is 9.84 Å². The van der Waals surface area contributed by atoms with Crippen LogP contribution in [0.3, 0.4) is 0 Å². The molecule has 0 bridgehead atoms. The molecule has 1 aromatic carbocycles. The molecule has 3 N–H and O–H groups in total. The molecule has 0 radical (unpaired) electrons. The minimum Gasteiger partial charge on any atom is -0.329 e. The maximum atomic E-state index is 13.8. The molecule has 0 aromatic heterocycles. The Bertz CT molecular complexity index is 652. The standard InChI is InChI=1S/C14H19FN2O3S/c1-21(19,20)10-4-5-11(15)12(8-10)17-13(18)14(9-16)6-2-3-7-14/h4-5,8H,2-3,6-7,9,16H2,1H3,(H,17,18). The molecule has 0 atom stereocenters. The third-order valence-electron chi connectivity index (χ3n) is 4.05. The second kappa shape index (κ2) is 5.73. The fraction of sp³-hybridized carbons (Fsp3) is 0.500. The van der Waals surface area contributed by atoms with Crippen LogP contribution in [-0.2, 0) is 14.6 Å². The summed E-state index contributed by atoms with van der Waals surface area (Å²) in [5.41, 5.74) is 4.91. The van der Waals surface area contributed by atoms with Gasteiger partial charge in [0.25, 0.3) is 0 Å². The molecule has 5 nitrogen and oxygen atoms in total. The number of hydrogen-bond donors (Lipinski definition) is 2. The van der Waals surface area contributed by atoms with Gasteiger partial charge < -0.3 is 11.1 Å². The van der Waals surface area contributed by atoms with Crippen molar-refractivity contribution in [2.45, 2.75) is 30.6 Å². The first-order valence-electron chi connectivity index (χ1n) is 6.80. The summed E-state index contributed by atoms with van der Waals surface area (Å²) in [6.45, 7) is 0.201. The summed E-state index contributed by atoms with van der Waals surface area (Å²) < 4.78 is 36.8. The third kappa shape index (κ3) is 3.24. The van der Waals surface area contributed by atoms with Crippen molar-refractivity contribution in [3.8, 4) is 0 Å². The second-order valence-electron chi connectivity index (χ2n) is 5.56.